The van der Waals surface area contributed by atoms with Crippen molar-refractivity contribution in [3.63, 3.8) is 0 Å². The van der Waals surface area contributed by atoms with E-state index in [-0.39, 0.29) is 0 Å². The van der Waals surface area contributed by atoms with Crippen LogP contribution in [0, 0.1) is 6.92 Å². The van der Waals surface area contributed by atoms with E-state index in [1.54, 1.807) is 0 Å². The van der Waals surface area contributed by atoms with Crippen molar-refractivity contribution >= 4 is 36.5 Å². The van der Waals surface area contributed by atoms with E-state index in [2.05, 4.69) is 41.1 Å². The van der Waals surface area contributed by atoms with Crippen LogP contribution >= 0.6 is 11.6 Å². The van der Waals surface area contributed by atoms with Crippen molar-refractivity contribution in [2.45, 2.75) is 39.3 Å². The van der Waals surface area contributed by atoms with Crippen LogP contribution in [0.1, 0.15) is 5.69 Å². The zero-order valence-electron chi connectivity index (χ0n) is 15.7. The number of ether oxygens (including phenoxy) is 1. The summed E-state index contributed by atoms with van der Waals surface area (Å²) in [6, 6.07) is 8.88. The molecular formula is C19H25ClN4OSi. The van der Waals surface area contributed by atoms with Gasteiger partial charge >= 0.3 is 0 Å². The summed E-state index contributed by atoms with van der Waals surface area (Å²) in [6.07, 6.45) is 1.50. The molecule has 0 radical (unpaired) electrons. The van der Waals surface area contributed by atoms with E-state index in [0.717, 1.165) is 40.5 Å². The normalized spacial score (nSPS) is 12.0. The lowest BCUT2D eigenvalue weighted by Crippen LogP contribution is -2.22. The highest BCUT2D eigenvalue weighted by atomic mass is 35.5. The van der Waals surface area contributed by atoms with Crippen molar-refractivity contribution in [3.05, 3.63) is 41.3 Å². The second kappa shape index (κ2) is 7.38. The van der Waals surface area contributed by atoms with Crippen molar-refractivity contribution in [2.75, 3.05) is 12.3 Å². The number of nitrogens with two attached hydrogens (primary N) is 1. The Morgan fingerprint density at radius 2 is 1.85 bits per heavy atom. The first-order valence-electron chi connectivity index (χ1n) is 8.71. The highest BCUT2D eigenvalue weighted by Crippen LogP contribution is 2.36. The van der Waals surface area contributed by atoms with Gasteiger partial charge in [-0.15, -0.1) is 0 Å². The third kappa shape index (κ3) is 3.92. The lowest BCUT2D eigenvalue weighted by Gasteiger charge is -2.16. The van der Waals surface area contributed by atoms with Gasteiger partial charge in [0.1, 0.15) is 24.5 Å². The molecule has 2 N–H and O–H groups in total. The molecule has 138 valence electrons. The molecule has 0 aliphatic carbocycles. The monoisotopic (exact) mass is 388 g/mol. The van der Waals surface area contributed by atoms with Crippen molar-refractivity contribution in [1.82, 2.24) is 14.5 Å². The molecule has 26 heavy (non-hydrogen) atoms. The summed E-state index contributed by atoms with van der Waals surface area (Å²) >= 11 is 6.04. The van der Waals surface area contributed by atoms with Crippen LogP contribution in [-0.4, -0.2) is 29.2 Å². The van der Waals surface area contributed by atoms with E-state index in [9.17, 15) is 0 Å². The number of hydrogen-bond donors (Lipinski definition) is 1. The van der Waals surface area contributed by atoms with E-state index < -0.39 is 8.07 Å². The quantitative estimate of drug-likeness (QED) is 0.479. The molecule has 0 fully saturated rings. The summed E-state index contributed by atoms with van der Waals surface area (Å²) in [6.45, 7) is 10.3. The van der Waals surface area contributed by atoms with E-state index in [1.807, 2.05) is 24.3 Å². The molecule has 0 aliphatic heterocycles. The summed E-state index contributed by atoms with van der Waals surface area (Å²) < 4.78 is 8.04. The molecule has 0 saturated heterocycles. The third-order valence-corrected chi connectivity index (χ3v) is 6.43. The van der Waals surface area contributed by atoms with Gasteiger partial charge in [-0.25, -0.2) is 9.97 Å². The summed E-state index contributed by atoms with van der Waals surface area (Å²) in [4.78, 5) is 8.65. The number of fused-ring (bicyclic) bond motifs is 1. The van der Waals surface area contributed by atoms with E-state index in [0.29, 0.717) is 17.6 Å². The Hall–Kier alpha value is -1.89. The molecule has 0 spiro atoms. The Morgan fingerprint density at radius 1 is 1.15 bits per heavy atom. The number of rotatable bonds is 6. The minimum Gasteiger partial charge on any atom is -0.383 e. The predicted octanol–water partition coefficient (Wildman–Crippen LogP) is 4.95. The topological polar surface area (TPSA) is 66.0 Å². The average Bonchev–Trinajstić information content (AvgIpc) is 2.85. The smallest absolute Gasteiger partial charge is 0.148 e. The maximum atomic E-state index is 6.19. The Morgan fingerprint density at radius 3 is 2.50 bits per heavy atom. The fourth-order valence-corrected chi connectivity index (χ4v) is 3.85. The molecule has 7 heteroatoms. The van der Waals surface area contributed by atoms with Crippen LogP contribution in [0.25, 0.3) is 22.2 Å². The van der Waals surface area contributed by atoms with Crippen LogP contribution in [0.15, 0.2) is 30.6 Å². The highest BCUT2D eigenvalue weighted by Gasteiger charge is 2.20. The first-order chi connectivity index (χ1) is 12.3. The number of nitrogens with zero attached hydrogens (tertiary/aromatic N) is 3. The SMILES string of the molecule is Cc1c(-c2ccc(Cl)cc2)c2c(N)ncnc2n1COCC[Si](C)(C)C. The largest absolute Gasteiger partial charge is 0.383 e. The van der Waals surface area contributed by atoms with E-state index in [4.69, 9.17) is 22.1 Å². The molecule has 0 unspecified atom stereocenters. The Balaban J connectivity index is 2.00. The van der Waals surface area contributed by atoms with E-state index >= 15 is 0 Å². The molecule has 5 nitrogen and oxygen atoms in total. The van der Waals surface area contributed by atoms with Gasteiger partial charge in [0.05, 0.1) is 5.39 Å². The highest BCUT2D eigenvalue weighted by molar-refractivity contribution is 6.76. The van der Waals surface area contributed by atoms with Crippen LogP contribution in [-0.2, 0) is 11.5 Å². The van der Waals surface area contributed by atoms with Gasteiger partial charge in [0.15, 0.2) is 0 Å². The molecule has 2 heterocycles. The van der Waals surface area contributed by atoms with Crippen LogP contribution < -0.4 is 5.73 Å². The average molecular weight is 389 g/mol. The molecular weight excluding hydrogens is 364 g/mol. The third-order valence-electron chi connectivity index (χ3n) is 4.48. The summed E-state index contributed by atoms with van der Waals surface area (Å²) in [5.74, 6) is 0.476. The maximum absolute atomic E-state index is 6.19. The molecule has 0 bridgehead atoms. The van der Waals surface area contributed by atoms with Crippen LogP contribution in [0.2, 0.25) is 30.7 Å². The number of hydrogen-bond acceptors (Lipinski definition) is 4. The van der Waals surface area contributed by atoms with Crippen LogP contribution in [0.4, 0.5) is 5.82 Å². The summed E-state index contributed by atoms with van der Waals surface area (Å²) in [5.41, 5.74) is 10.1. The second-order valence-electron chi connectivity index (χ2n) is 7.70. The first kappa shape index (κ1) is 18.9. The minimum absolute atomic E-state index is 0.455. The van der Waals surface area contributed by atoms with Gasteiger partial charge in [0.2, 0.25) is 0 Å². The molecule has 0 atom stereocenters. The van der Waals surface area contributed by atoms with Crippen LogP contribution in [0.3, 0.4) is 0 Å². The number of benzene rings is 1. The van der Waals surface area contributed by atoms with Gasteiger partial charge in [-0.05, 0) is 30.7 Å². The lowest BCUT2D eigenvalue weighted by atomic mass is 10.0. The Labute approximate surface area is 160 Å². The Kier molecular flexibility index (Phi) is 5.36. The van der Waals surface area contributed by atoms with Gasteiger partial charge in [0, 0.05) is 31.0 Å². The standard InChI is InChI=1S/C19H25ClN4OSi/c1-13-16(14-5-7-15(20)8-6-14)17-18(21)22-11-23-19(17)24(13)12-25-9-10-26(2,3)4/h5-8,11H,9-10,12H2,1-4H3,(H2,21,22,23). The molecule has 3 aromatic rings. The minimum atomic E-state index is -1.12. The molecule has 0 saturated carbocycles. The van der Waals surface area contributed by atoms with Gasteiger partial charge in [0.25, 0.3) is 0 Å². The zero-order chi connectivity index (χ0) is 18.9. The second-order valence-corrected chi connectivity index (χ2v) is 13.8. The lowest BCUT2D eigenvalue weighted by molar-refractivity contribution is 0.0887. The van der Waals surface area contributed by atoms with Crippen LogP contribution in [0.5, 0.6) is 0 Å². The van der Waals surface area contributed by atoms with E-state index in [1.165, 1.54) is 6.33 Å². The number of anilines is 1. The number of aromatic nitrogens is 3. The zero-order valence-corrected chi connectivity index (χ0v) is 17.5. The first-order valence-corrected chi connectivity index (χ1v) is 12.8. The number of halogens is 1. The predicted molar refractivity (Wildman–Crippen MR) is 111 cm³/mol. The van der Waals surface area contributed by atoms with Gasteiger partial charge in [-0.2, -0.15) is 0 Å². The molecule has 0 amide bonds. The number of nitrogen functional groups attached to an aromatic ring is 1. The Bertz CT molecular complexity index is 916. The van der Waals surface area contributed by atoms with Crippen molar-refractivity contribution in [1.29, 1.82) is 0 Å². The molecule has 0 aliphatic rings. The maximum Gasteiger partial charge on any atom is 0.148 e. The van der Waals surface area contributed by atoms with Gasteiger partial charge in [-0.1, -0.05) is 43.4 Å². The van der Waals surface area contributed by atoms with Crippen molar-refractivity contribution in [3.8, 4) is 11.1 Å². The van der Waals surface area contributed by atoms with Crippen molar-refractivity contribution in [2.24, 2.45) is 0 Å². The fourth-order valence-electron chi connectivity index (χ4n) is 2.97. The molecule has 2 aromatic heterocycles. The summed E-state index contributed by atoms with van der Waals surface area (Å²) in [5, 5.41) is 1.56. The fraction of sp³-hybridized carbons (Fsp3) is 0.368. The molecule has 3 rings (SSSR count). The van der Waals surface area contributed by atoms with Gasteiger partial charge in [-0.3, -0.25) is 0 Å². The summed E-state index contributed by atoms with van der Waals surface area (Å²) in [7, 11) is -1.12. The molecule has 1 aromatic carbocycles. The van der Waals surface area contributed by atoms with Crippen molar-refractivity contribution < 1.29 is 4.74 Å². The van der Waals surface area contributed by atoms with Gasteiger partial charge < -0.3 is 15.0 Å².